The molecule has 0 N–H and O–H groups in total. The minimum absolute atomic E-state index is 0.113. The predicted octanol–water partition coefficient (Wildman–Crippen LogP) is 4.10. The number of allylic oxidation sites excluding steroid dienone is 1. The Morgan fingerprint density at radius 2 is 2.29 bits per heavy atom. The van der Waals surface area contributed by atoms with Gasteiger partial charge in [0.25, 0.3) is 0 Å². The van der Waals surface area contributed by atoms with Crippen LogP contribution in [0, 0.1) is 0 Å². The number of nitrogens with zero attached hydrogens (tertiary/aromatic N) is 1. The molecule has 2 nitrogen and oxygen atoms in total. The lowest BCUT2D eigenvalue weighted by atomic mass is 9.91. The molecule has 0 radical (unpaired) electrons. The van der Waals surface area contributed by atoms with Crippen molar-refractivity contribution in [3.05, 3.63) is 23.3 Å². The SMILES string of the molecule is C/C=C/C(Cl)/N=C\C1=C(C)C(C)(CCC)OC1. The number of aliphatic imine (C=N–C) groups is 1. The first-order chi connectivity index (χ1) is 8.03. The van der Waals surface area contributed by atoms with Crippen LogP contribution in [0.5, 0.6) is 0 Å². The van der Waals surface area contributed by atoms with E-state index in [4.69, 9.17) is 16.3 Å². The zero-order chi connectivity index (χ0) is 12.9. The van der Waals surface area contributed by atoms with E-state index in [-0.39, 0.29) is 11.1 Å². The lowest BCUT2D eigenvalue weighted by Crippen LogP contribution is -2.25. The number of alkyl halides is 1. The molecule has 96 valence electrons. The maximum absolute atomic E-state index is 5.99. The molecule has 2 unspecified atom stereocenters. The van der Waals surface area contributed by atoms with E-state index < -0.39 is 0 Å². The molecule has 0 aromatic heterocycles. The lowest BCUT2D eigenvalue weighted by molar-refractivity contribution is 0.0260. The van der Waals surface area contributed by atoms with Crippen LogP contribution in [-0.2, 0) is 4.74 Å². The molecular formula is C14H22ClNO. The Morgan fingerprint density at radius 1 is 1.59 bits per heavy atom. The van der Waals surface area contributed by atoms with E-state index in [0.717, 1.165) is 18.4 Å². The van der Waals surface area contributed by atoms with Gasteiger partial charge in [0.2, 0.25) is 0 Å². The maximum atomic E-state index is 5.99. The first-order valence-electron chi connectivity index (χ1n) is 6.17. The van der Waals surface area contributed by atoms with E-state index in [2.05, 4.69) is 25.8 Å². The summed E-state index contributed by atoms with van der Waals surface area (Å²) in [6, 6.07) is 0. The average molecular weight is 256 g/mol. The highest BCUT2D eigenvalue weighted by Gasteiger charge is 2.33. The first kappa shape index (κ1) is 14.5. The Balaban J connectivity index is 2.75. The Morgan fingerprint density at radius 3 is 2.88 bits per heavy atom. The van der Waals surface area contributed by atoms with Crippen LogP contribution in [0.1, 0.15) is 40.5 Å². The quantitative estimate of drug-likeness (QED) is 0.314. The molecule has 0 aromatic rings. The van der Waals surface area contributed by atoms with E-state index in [1.165, 1.54) is 5.57 Å². The van der Waals surface area contributed by atoms with Crippen molar-refractivity contribution < 1.29 is 4.74 Å². The van der Waals surface area contributed by atoms with Crippen molar-refractivity contribution in [2.45, 2.75) is 51.6 Å². The third kappa shape index (κ3) is 3.68. The molecule has 0 fully saturated rings. The average Bonchev–Trinajstić information content (AvgIpc) is 2.55. The van der Waals surface area contributed by atoms with E-state index in [9.17, 15) is 0 Å². The summed E-state index contributed by atoms with van der Waals surface area (Å²) in [4.78, 5) is 4.29. The standard InChI is InChI=1S/C14H22ClNO/c1-5-7-13(15)16-9-12-10-17-14(4,8-6-2)11(12)3/h5,7,9,13H,6,8,10H2,1-4H3/b7-5+,16-9-. The summed E-state index contributed by atoms with van der Waals surface area (Å²) in [6.07, 6.45) is 7.79. The Labute approximate surface area is 109 Å². The van der Waals surface area contributed by atoms with Crippen molar-refractivity contribution in [3.63, 3.8) is 0 Å². The topological polar surface area (TPSA) is 21.6 Å². The van der Waals surface area contributed by atoms with Crippen molar-refractivity contribution in [2.75, 3.05) is 6.61 Å². The van der Waals surface area contributed by atoms with Crippen LogP contribution in [0.25, 0.3) is 0 Å². The minimum atomic E-state index is -0.279. The summed E-state index contributed by atoms with van der Waals surface area (Å²) in [5, 5.41) is 0. The van der Waals surface area contributed by atoms with Crippen molar-refractivity contribution in [3.8, 4) is 0 Å². The van der Waals surface area contributed by atoms with Crippen molar-refractivity contribution in [1.29, 1.82) is 0 Å². The van der Waals surface area contributed by atoms with Gasteiger partial charge in [-0.3, -0.25) is 4.99 Å². The zero-order valence-corrected chi connectivity index (χ0v) is 11.9. The smallest absolute Gasteiger partial charge is 0.141 e. The monoisotopic (exact) mass is 255 g/mol. The van der Waals surface area contributed by atoms with Gasteiger partial charge in [-0.25, -0.2) is 0 Å². The van der Waals surface area contributed by atoms with Gasteiger partial charge < -0.3 is 4.74 Å². The van der Waals surface area contributed by atoms with Crippen LogP contribution >= 0.6 is 11.6 Å². The van der Waals surface area contributed by atoms with E-state index in [1.807, 2.05) is 25.3 Å². The van der Waals surface area contributed by atoms with Crippen LogP contribution in [0.2, 0.25) is 0 Å². The van der Waals surface area contributed by atoms with Crippen LogP contribution in [-0.4, -0.2) is 23.9 Å². The summed E-state index contributed by atoms with van der Waals surface area (Å²) < 4.78 is 5.87. The van der Waals surface area contributed by atoms with E-state index in [0.29, 0.717) is 6.61 Å². The molecule has 0 aromatic carbocycles. The molecule has 1 aliphatic rings. The summed E-state index contributed by atoms with van der Waals surface area (Å²) >= 11 is 5.99. The highest BCUT2D eigenvalue weighted by molar-refractivity contribution is 6.22. The first-order valence-corrected chi connectivity index (χ1v) is 6.61. The second-order valence-electron chi connectivity index (χ2n) is 4.60. The molecule has 0 saturated heterocycles. The van der Waals surface area contributed by atoms with Gasteiger partial charge in [-0.1, -0.05) is 31.0 Å². The second-order valence-corrected chi connectivity index (χ2v) is 5.04. The molecule has 1 aliphatic heterocycles. The third-order valence-corrected chi connectivity index (χ3v) is 3.53. The molecule has 0 aliphatic carbocycles. The summed E-state index contributed by atoms with van der Waals surface area (Å²) in [5.41, 5.74) is 2.06. The van der Waals surface area contributed by atoms with Crippen molar-refractivity contribution in [2.24, 2.45) is 4.99 Å². The lowest BCUT2D eigenvalue weighted by Gasteiger charge is -2.24. The summed E-state index contributed by atoms with van der Waals surface area (Å²) in [6.45, 7) is 9.03. The van der Waals surface area contributed by atoms with Gasteiger partial charge in [-0.2, -0.15) is 0 Å². The van der Waals surface area contributed by atoms with E-state index >= 15 is 0 Å². The van der Waals surface area contributed by atoms with Gasteiger partial charge in [0.1, 0.15) is 5.50 Å². The molecule has 0 spiro atoms. The number of ether oxygens (including phenoxy) is 1. The van der Waals surface area contributed by atoms with Crippen molar-refractivity contribution in [1.82, 2.24) is 0 Å². The minimum Gasteiger partial charge on any atom is -0.366 e. The van der Waals surface area contributed by atoms with Crippen LogP contribution in [0.4, 0.5) is 0 Å². The Bertz CT molecular complexity index is 346. The van der Waals surface area contributed by atoms with E-state index in [1.54, 1.807) is 0 Å². The molecule has 0 saturated carbocycles. The Kier molecular flexibility index (Phi) is 5.41. The second kappa shape index (κ2) is 6.36. The highest BCUT2D eigenvalue weighted by Crippen LogP contribution is 2.34. The van der Waals surface area contributed by atoms with Crippen molar-refractivity contribution >= 4 is 17.8 Å². The molecular weight excluding hydrogens is 234 g/mol. The summed E-state index contributed by atoms with van der Waals surface area (Å²) in [5.74, 6) is 0. The van der Waals surface area contributed by atoms with Gasteiger partial charge in [0.05, 0.1) is 12.2 Å². The molecule has 3 heteroatoms. The fourth-order valence-electron chi connectivity index (χ4n) is 2.03. The van der Waals surface area contributed by atoms with Gasteiger partial charge >= 0.3 is 0 Å². The normalized spacial score (nSPS) is 27.6. The van der Waals surface area contributed by atoms with Crippen LogP contribution in [0.3, 0.4) is 0 Å². The molecule has 0 amide bonds. The number of rotatable bonds is 5. The fraction of sp³-hybridized carbons (Fsp3) is 0.643. The maximum Gasteiger partial charge on any atom is 0.141 e. The third-order valence-electron chi connectivity index (χ3n) is 3.27. The van der Waals surface area contributed by atoms with Gasteiger partial charge in [0, 0.05) is 6.21 Å². The van der Waals surface area contributed by atoms with Gasteiger partial charge in [-0.15, -0.1) is 0 Å². The summed E-state index contributed by atoms with van der Waals surface area (Å²) in [7, 11) is 0. The van der Waals surface area contributed by atoms with Crippen LogP contribution < -0.4 is 0 Å². The number of hydrogen-bond acceptors (Lipinski definition) is 2. The molecule has 0 bridgehead atoms. The highest BCUT2D eigenvalue weighted by atomic mass is 35.5. The Hall–Kier alpha value is -0.600. The largest absolute Gasteiger partial charge is 0.366 e. The molecule has 2 atom stereocenters. The fourth-order valence-corrected chi connectivity index (χ4v) is 2.24. The molecule has 1 rings (SSSR count). The molecule has 17 heavy (non-hydrogen) atoms. The van der Waals surface area contributed by atoms with Crippen LogP contribution in [0.15, 0.2) is 28.3 Å². The van der Waals surface area contributed by atoms with Gasteiger partial charge in [0.15, 0.2) is 0 Å². The zero-order valence-electron chi connectivity index (χ0n) is 11.2. The van der Waals surface area contributed by atoms with Gasteiger partial charge in [-0.05, 0) is 44.4 Å². The number of hydrogen-bond donors (Lipinski definition) is 0. The predicted molar refractivity (Wildman–Crippen MR) is 74.9 cm³/mol. The molecule has 1 heterocycles. The number of halogens is 1.